The maximum atomic E-state index is 13.3. The fourth-order valence-corrected chi connectivity index (χ4v) is 5.10. The number of piperidine rings is 1. The first-order valence-corrected chi connectivity index (χ1v) is 10.3. The van der Waals surface area contributed by atoms with E-state index in [-0.39, 0.29) is 11.5 Å². The van der Waals surface area contributed by atoms with Crippen molar-refractivity contribution in [2.24, 2.45) is 0 Å². The van der Waals surface area contributed by atoms with Crippen molar-refractivity contribution in [3.63, 3.8) is 0 Å². The van der Waals surface area contributed by atoms with Crippen LogP contribution in [0.3, 0.4) is 0 Å². The average molecular weight is 441 g/mol. The molecule has 0 bridgehead atoms. The number of ether oxygens (including phenoxy) is 2. The first kappa shape index (κ1) is 17.8. The Hall–Kier alpha value is -2.31. The fourth-order valence-electron chi connectivity index (χ4n) is 4.56. The van der Waals surface area contributed by atoms with Crippen molar-refractivity contribution in [1.29, 1.82) is 0 Å². The number of amides is 1. The summed E-state index contributed by atoms with van der Waals surface area (Å²) >= 11 is 3.56. The Morgan fingerprint density at radius 2 is 1.96 bits per heavy atom. The molecule has 1 spiro atoms. The lowest BCUT2D eigenvalue weighted by Crippen LogP contribution is -2.45. The van der Waals surface area contributed by atoms with E-state index < -0.39 is 0 Å². The third kappa shape index (κ3) is 2.58. The molecule has 2 aliphatic rings. The van der Waals surface area contributed by atoms with E-state index in [9.17, 15) is 4.79 Å². The van der Waals surface area contributed by atoms with Crippen molar-refractivity contribution in [2.75, 3.05) is 20.2 Å². The van der Waals surface area contributed by atoms with Gasteiger partial charge in [-0.15, -0.1) is 0 Å². The van der Waals surface area contributed by atoms with Crippen molar-refractivity contribution in [3.8, 4) is 5.75 Å². The van der Waals surface area contributed by atoms with Crippen LogP contribution in [0.2, 0.25) is 0 Å². The summed E-state index contributed by atoms with van der Waals surface area (Å²) in [4.78, 5) is 18.4. The standard InChI is InChI=1S/C22H21BrN2O3/c1-27-20-18-16(23)7-4-8-17(18)24-19(20)21(26)25-11-9-22(10-12-25)15-6-3-2-5-14(15)13-28-22/h2-8,24H,9-13H2,1H3. The number of carbonyl (C=O) groups is 1. The van der Waals surface area contributed by atoms with Gasteiger partial charge in [0.1, 0.15) is 5.69 Å². The number of hydrogen-bond acceptors (Lipinski definition) is 3. The first-order chi connectivity index (χ1) is 13.6. The molecule has 144 valence electrons. The second-order valence-corrected chi connectivity index (χ2v) is 8.28. The Morgan fingerprint density at radius 3 is 2.75 bits per heavy atom. The van der Waals surface area contributed by atoms with Crippen molar-refractivity contribution in [2.45, 2.75) is 25.0 Å². The van der Waals surface area contributed by atoms with E-state index in [2.05, 4.69) is 45.2 Å². The van der Waals surface area contributed by atoms with Gasteiger partial charge in [0, 0.05) is 17.6 Å². The maximum absolute atomic E-state index is 13.3. The van der Waals surface area contributed by atoms with Gasteiger partial charge in [-0.25, -0.2) is 0 Å². The molecule has 1 N–H and O–H groups in total. The van der Waals surface area contributed by atoms with Crippen LogP contribution >= 0.6 is 15.9 Å². The van der Waals surface area contributed by atoms with E-state index in [1.54, 1.807) is 7.11 Å². The molecule has 0 aliphatic carbocycles. The second kappa shape index (κ2) is 6.64. The number of aromatic nitrogens is 1. The quantitative estimate of drug-likeness (QED) is 0.633. The number of hydrogen-bond donors (Lipinski definition) is 1. The highest BCUT2D eigenvalue weighted by atomic mass is 79.9. The van der Waals surface area contributed by atoms with Crippen LogP contribution in [0.15, 0.2) is 46.9 Å². The summed E-state index contributed by atoms with van der Waals surface area (Å²) in [7, 11) is 1.60. The summed E-state index contributed by atoms with van der Waals surface area (Å²) in [5, 5.41) is 0.898. The summed E-state index contributed by atoms with van der Waals surface area (Å²) in [6.07, 6.45) is 1.62. The molecule has 1 saturated heterocycles. The zero-order valence-corrected chi connectivity index (χ0v) is 17.2. The third-order valence-electron chi connectivity index (χ3n) is 6.02. The molecule has 2 aliphatic heterocycles. The Balaban J connectivity index is 1.42. The van der Waals surface area contributed by atoms with Crippen LogP contribution in [-0.2, 0) is 16.9 Å². The molecule has 5 nitrogen and oxygen atoms in total. The van der Waals surface area contributed by atoms with Gasteiger partial charge in [-0.05, 0) is 52.0 Å². The van der Waals surface area contributed by atoms with Crippen LogP contribution in [0.25, 0.3) is 10.9 Å². The van der Waals surface area contributed by atoms with Crippen molar-refractivity contribution < 1.29 is 14.3 Å². The SMILES string of the molecule is COc1c(C(=O)N2CCC3(CC2)OCc2ccccc23)[nH]c2cccc(Br)c12. The molecule has 3 aromatic rings. The number of nitrogens with one attached hydrogen (secondary N) is 1. The van der Waals surface area contributed by atoms with Gasteiger partial charge in [-0.3, -0.25) is 4.79 Å². The minimum absolute atomic E-state index is 0.0268. The highest BCUT2D eigenvalue weighted by Gasteiger charge is 2.43. The van der Waals surface area contributed by atoms with Crippen LogP contribution in [0.4, 0.5) is 0 Å². The molecule has 0 unspecified atom stereocenters. The molecule has 28 heavy (non-hydrogen) atoms. The van der Waals surface area contributed by atoms with Gasteiger partial charge in [-0.1, -0.05) is 30.3 Å². The number of carbonyl (C=O) groups excluding carboxylic acids is 1. The maximum Gasteiger partial charge on any atom is 0.274 e. The molecule has 1 amide bonds. The summed E-state index contributed by atoms with van der Waals surface area (Å²) in [5.41, 5.74) is 3.70. The molecule has 5 rings (SSSR count). The molecular formula is C22H21BrN2O3. The first-order valence-electron chi connectivity index (χ1n) is 9.49. The van der Waals surface area contributed by atoms with E-state index in [4.69, 9.17) is 9.47 Å². The molecular weight excluding hydrogens is 420 g/mol. The fraction of sp³-hybridized carbons (Fsp3) is 0.318. The minimum Gasteiger partial charge on any atom is -0.494 e. The van der Waals surface area contributed by atoms with E-state index >= 15 is 0 Å². The zero-order valence-electron chi connectivity index (χ0n) is 15.6. The van der Waals surface area contributed by atoms with Gasteiger partial charge in [0.25, 0.3) is 5.91 Å². The Bertz CT molecular complexity index is 1070. The van der Waals surface area contributed by atoms with Crippen LogP contribution in [0, 0.1) is 0 Å². The summed E-state index contributed by atoms with van der Waals surface area (Å²) in [6.45, 7) is 1.98. The number of nitrogens with zero attached hydrogens (tertiary/aromatic N) is 1. The Morgan fingerprint density at radius 1 is 1.18 bits per heavy atom. The van der Waals surface area contributed by atoms with E-state index in [0.717, 1.165) is 28.2 Å². The molecule has 1 aromatic heterocycles. The number of aromatic amines is 1. The summed E-state index contributed by atoms with van der Waals surface area (Å²) in [5.74, 6) is 0.566. The predicted molar refractivity (Wildman–Crippen MR) is 111 cm³/mol. The lowest BCUT2D eigenvalue weighted by Gasteiger charge is -2.39. The van der Waals surface area contributed by atoms with Crippen molar-refractivity contribution in [1.82, 2.24) is 9.88 Å². The summed E-state index contributed by atoms with van der Waals surface area (Å²) < 4.78 is 12.7. The zero-order chi connectivity index (χ0) is 19.3. The number of benzene rings is 2. The molecule has 1 fully saturated rings. The number of likely N-dealkylation sites (tertiary alicyclic amines) is 1. The highest BCUT2D eigenvalue weighted by molar-refractivity contribution is 9.10. The van der Waals surface area contributed by atoms with Crippen LogP contribution < -0.4 is 4.74 Å². The lowest BCUT2D eigenvalue weighted by atomic mass is 9.84. The Labute approximate surface area is 171 Å². The largest absolute Gasteiger partial charge is 0.494 e. The van der Waals surface area contributed by atoms with Gasteiger partial charge in [0.15, 0.2) is 5.75 Å². The smallest absolute Gasteiger partial charge is 0.274 e. The number of halogens is 1. The molecule has 0 radical (unpaired) electrons. The number of rotatable bonds is 2. The third-order valence-corrected chi connectivity index (χ3v) is 6.68. The van der Waals surface area contributed by atoms with Gasteiger partial charge >= 0.3 is 0 Å². The number of fused-ring (bicyclic) bond motifs is 3. The molecule has 0 saturated carbocycles. The normalized spacial score (nSPS) is 17.9. The highest BCUT2D eigenvalue weighted by Crippen LogP contribution is 2.44. The molecule has 6 heteroatoms. The van der Waals surface area contributed by atoms with E-state index in [0.29, 0.717) is 31.1 Å². The van der Waals surface area contributed by atoms with Crippen LogP contribution in [-0.4, -0.2) is 36.0 Å². The van der Waals surface area contributed by atoms with Crippen molar-refractivity contribution in [3.05, 3.63) is 63.8 Å². The predicted octanol–water partition coefficient (Wildman–Crippen LogP) is 4.60. The molecule has 2 aromatic carbocycles. The van der Waals surface area contributed by atoms with Gasteiger partial charge < -0.3 is 19.4 Å². The average Bonchev–Trinajstić information content (AvgIpc) is 3.28. The minimum atomic E-state index is -0.249. The van der Waals surface area contributed by atoms with Gasteiger partial charge in [0.05, 0.1) is 30.2 Å². The summed E-state index contributed by atoms with van der Waals surface area (Å²) in [6, 6.07) is 14.3. The van der Waals surface area contributed by atoms with Crippen LogP contribution in [0.1, 0.15) is 34.5 Å². The molecule has 0 atom stereocenters. The van der Waals surface area contributed by atoms with Crippen LogP contribution in [0.5, 0.6) is 5.75 Å². The second-order valence-electron chi connectivity index (χ2n) is 7.43. The lowest BCUT2D eigenvalue weighted by molar-refractivity contribution is -0.0742. The van der Waals surface area contributed by atoms with E-state index in [1.165, 1.54) is 11.1 Å². The van der Waals surface area contributed by atoms with Gasteiger partial charge in [-0.2, -0.15) is 0 Å². The molecule has 3 heterocycles. The van der Waals surface area contributed by atoms with E-state index in [1.807, 2.05) is 23.1 Å². The van der Waals surface area contributed by atoms with Gasteiger partial charge in [0.2, 0.25) is 0 Å². The topological polar surface area (TPSA) is 54.6 Å². The number of methoxy groups -OCH3 is 1. The van der Waals surface area contributed by atoms with Crippen molar-refractivity contribution >= 4 is 32.7 Å². The number of H-pyrrole nitrogens is 1. The Kier molecular flexibility index (Phi) is 4.21. The monoisotopic (exact) mass is 440 g/mol.